The number of amides is 1. The lowest BCUT2D eigenvalue weighted by Crippen LogP contribution is -2.39. The lowest BCUT2D eigenvalue weighted by atomic mass is 10.00. The summed E-state index contributed by atoms with van der Waals surface area (Å²) in [5.74, 6) is 0.219. The van der Waals surface area contributed by atoms with Crippen molar-refractivity contribution < 1.29 is 4.79 Å². The molecule has 0 radical (unpaired) electrons. The number of carbonyl (C=O) groups excluding carboxylic acids is 1. The van der Waals surface area contributed by atoms with Gasteiger partial charge in [-0.25, -0.2) is 0 Å². The van der Waals surface area contributed by atoms with E-state index >= 15 is 0 Å². The van der Waals surface area contributed by atoms with Crippen LogP contribution >= 0.6 is 0 Å². The first-order valence-electron chi connectivity index (χ1n) is 10.6. The van der Waals surface area contributed by atoms with E-state index in [0.29, 0.717) is 0 Å². The summed E-state index contributed by atoms with van der Waals surface area (Å²) in [5.41, 5.74) is 7.35. The second kappa shape index (κ2) is 7.83. The molecular formula is C25H30N2O. The van der Waals surface area contributed by atoms with Crippen molar-refractivity contribution in [2.24, 2.45) is 0 Å². The van der Waals surface area contributed by atoms with E-state index in [9.17, 15) is 4.79 Å². The molecule has 0 fully saturated rings. The lowest BCUT2D eigenvalue weighted by molar-refractivity contribution is 0.0726. The molecule has 0 bridgehead atoms. The Balaban J connectivity index is 1.80. The van der Waals surface area contributed by atoms with E-state index in [1.165, 1.54) is 33.2 Å². The fourth-order valence-electron chi connectivity index (χ4n) is 4.46. The van der Waals surface area contributed by atoms with Gasteiger partial charge in [0.15, 0.2) is 0 Å². The summed E-state index contributed by atoms with van der Waals surface area (Å²) in [5, 5.41) is 1.27. The number of benzene rings is 2. The molecule has 0 atom stereocenters. The van der Waals surface area contributed by atoms with Gasteiger partial charge in [0.25, 0.3) is 5.91 Å². The van der Waals surface area contributed by atoms with E-state index in [2.05, 4.69) is 72.7 Å². The first-order valence-corrected chi connectivity index (χ1v) is 10.6. The van der Waals surface area contributed by atoms with Gasteiger partial charge in [-0.3, -0.25) is 4.79 Å². The van der Waals surface area contributed by atoms with Gasteiger partial charge in [-0.1, -0.05) is 55.8 Å². The molecule has 0 aliphatic carbocycles. The topological polar surface area (TPSA) is 25.2 Å². The van der Waals surface area contributed by atoms with Gasteiger partial charge in [0.05, 0.1) is 5.52 Å². The first kappa shape index (κ1) is 18.8. The van der Waals surface area contributed by atoms with Crippen LogP contribution in [0, 0.1) is 13.8 Å². The summed E-state index contributed by atoms with van der Waals surface area (Å²) in [6.45, 7) is 9.10. The predicted molar refractivity (Wildman–Crippen MR) is 116 cm³/mol. The van der Waals surface area contributed by atoms with E-state index < -0.39 is 0 Å². The summed E-state index contributed by atoms with van der Waals surface area (Å²) >= 11 is 0. The Morgan fingerprint density at radius 1 is 1.00 bits per heavy atom. The summed E-state index contributed by atoms with van der Waals surface area (Å²) in [6, 6.07) is 15.0. The Kier molecular flexibility index (Phi) is 5.25. The summed E-state index contributed by atoms with van der Waals surface area (Å²) < 4.78 is 2.32. The minimum absolute atomic E-state index is 0.219. The average molecular weight is 375 g/mol. The summed E-state index contributed by atoms with van der Waals surface area (Å²) in [6.07, 6.45) is 4.09. The standard InChI is InChI=1S/C25H30N2O/c1-4-5-15-26-16-14-22-21-12-11-18(2)19(3)23(21)27(24(22)25(26)28)17-13-20-9-7-6-8-10-20/h6-12H,4-5,13-17H2,1-3H3. The molecule has 1 aromatic heterocycles. The van der Waals surface area contributed by atoms with Crippen LogP contribution in [-0.2, 0) is 19.4 Å². The van der Waals surface area contributed by atoms with Crippen LogP contribution in [0.4, 0.5) is 0 Å². The Labute approximate surface area is 168 Å². The number of hydrogen-bond donors (Lipinski definition) is 0. The molecule has 1 aliphatic heterocycles. The van der Waals surface area contributed by atoms with Crippen molar-refractivity contribution in [1.82, 2.24) is 9.47 Å². The molecule has 3 nitrogen and oxygen atoms in total. The zero-order chi connectivity index (χ0) is 19.7. The largest absolute Gasteiger partial charge is 0.337 e. The molecule has 0 spiro atoms. The predicted octanol–water partition coefficient (Wildman–Crippen LogP) is 5.30. The minimum Gasteiger partial charge on any atom is -0.337 e. The second-order valence-electron chi connectivity index (χ2n) is 8.01. The van der Waals surface area contributed by atoms with Gasteiger partial charge in [0.2, 0.25) is 0 Å². The SMILES string of the molecule is CCCCN1CCc2c(n(CCc3ccccc3)c3c(C)c(C)ccc23)C1=O. The molecule has 28 heavy (non-hydrogen) atoms. The summed E-state index contributed by atoms with van der Waals surface area (Å²) in [7, 11) is 0. The number of hydrogen-bond acceptors (Lipinski definition) is 1. The molecule has 3 aromatic rings. The van der Waals surface area contributed by atoms with Gasteiger partial charge in [-0.15, -0.1) is 0 Å². The maximum absolute atomic E-state index is 13.4. The smallest absolute Gasteiger partial charge is 0.270 e. The van der Waals surface area contributed by atoms with Gasteiger partial charge in [-0.05, 0) is 55.4 Å². The molecular weight excluding hydrogens is 344 g/mol. The van der Waals surface area contributed by atoms with Crippen LogP contribution < -0.4 is 0 Å². The number of carbonyl (C=O) groups is 1. The van der Waals surface area contributed by atoms with E-state index in [1.807, 2.05) is 0 Å². The van der Waals surface area contributed by atoms with Crippen molar-refractivity contribution in [2.75, 3.05) is 13.1 Å². The first-order chi connectivity index (χ1) is 13.6. The molecule has 146 valence electrons. The molecule has 3 heteroatoms. The van der Waals surface area contributed by atoms with Crippen LogP contribution in [0.5, 0.6) is 0 Å². The van der Waals surface area contributed by atoms with Crippen LogP contribution in [0.15, 0.2) is 42.5 Å². The van der Waals surface area contributed by atoms with Gasteiger partial charge in [0, 0.05) is 25.0 Å². The molecule has 0 saturated carbocycles. The van der Waals surface area contributed by atoms with Gasteiger partial charge in [0.1, 0.15) is 5.69 Å². The van der Waals surface area contributed by atoms with Gasteiger partial charge in [-0.2, -0.15) is 0 Å². The fraction of sp³-hybridized carbons (Fsp3) is 0.400. The second-order valence-corrected chi connectivity index (χ2v) is 8.01. The molecule has 1 aliphatic rings. The molecule has 2 aromatic carbocycles. The zero-order valence-corrected chi connectivity index (χ0v) is 17.3. The molecule has 0 saturated heterocycles. The number of fused-ring (bicyclic) bond motifs is 3. The quantitative estimate of drug-likeness (QED) is 0.575. The highest BCUT2D eigenvalue weighted by molar-refractivity contribution is 6.03. The third kappa shape index (κ3) is 3.23. The monoisotopic (exact) mass is 374 g/mol. The van der Waals surface area contributed by atoms with E-state index in [1.54, 1.807) is 0 Å². The lowest BCUT2D eigenvalue weighted by Gasteiger charge is -2.28. The van der Waals surface area contributed by atoms with Crippen molar-refractivity contribution in [2.45, 2.75) is 53.0 Å². The highest BCUT2D eigenvalue weighted by Gasteiger charge is 2.31. The maximum Gasteiger partial charge on any atom is 0.270 e. The van der Waals surface area contributed by atoms with Crippen molar-refractivity contribution in [3.8, 4) is 0 Å². The number of unbranched alkanes of at least 4 members (excludes halogenated alkanes) is 1. The number of nitrogens with zero attached hydrogens (tertiary/aromatic N) is 2. The Bertz CT molecular complexity index is 1000. The van der Waals surface area contributed by atoms with E-state index in [0.717, 1.165) is 51.0 Å². The van der Waals surface area contributed by atoms with E-state index in [-0.39, 0.29) is 5.91 Å². The Morgan fingerprint density at radius 3 is 2.54 bits per heavy atom. The van der Waals surface area contributed by atoms with Crippen LogP contribution in [0.25, 0.3) is 10.9 Å². The van der Waals surface area contributed by atoms with E-state index in [4.69, 9.17) is 0 Å². The van der Waals surface area contributed by atoms with Crippen molar-refractivity contribution in [3.05, 3.63) is 70.4 Å². The molecule has 2 heterocycles. The number of aryl methyl sites for hydroxylation is 4. The number of rotatable bonds is 6. The minimum atomic E-state index is 0.219. The van der Waals surface area contributed by atoms with Crippen molar-refractivity contribution in [3.63, 3.8) is 0 Å². The third-order valence-corrected chi connectivity index (χ3v) is 6.22. The number of aromatic nitrogens is 1. The highest BCUT2D eigenvalue weighted by atomic mass is 16.2. The normalized spacial score (nSPS) is 14.0. The van der Waals surface area contributed by atoms with Crippen LogP contribution in [-0.4, -0.2) is 28.5 Å². The van der Waals surface area contributed by atoms with Crippen LogP contribution in [0.1, 0.15) is 52.5 Å². The molecule has 0 unspecified atom stereocenters. The molecule has 0 N–H and O–H groups in total. The van der Waals surface area contributed by atoms with Crippen LogP contribution in [0.3, 0.4) is 0 Å². The van der Waals surface area contributed by atoms with Crippen LogP contribution in [0.2, 0.25) is 0 Å². The Hall–Kier alpha value is -2.55. The molecule has 1 amide bonds. The van der Waals surface area contributed by atoms with Gasteiger partial charge >= 0.3 is 0 Å². The van der Waals surface area contributed by atoms with Crippen molar-refractivity contribution >= 4 is 16.8 Å². The maximum atomic E-state index is 13.4. The third-order valence-electron chi connectivity index (χ3n) is 6.22. The zero-order valence-electron chi connectivity index (χ0n) is 17.3. The van der Waals surface area contributed by atoms with Gasteiger partial charge < -0.3 is 9.47 Å². The fourth-order valence-corrected chi connectivity index (χ4v) is 4.46. The Morgan fingerprint density at radius 2 is 1.79 bits per heavy atom. The average Bonchev–Trinajstić information content (AvgIpc) is 3.04. The molecule has 4 rings (SSSR count). The highest BCUT2D eigenvalue weighted by Crippen LogP contribution is 2.34. The van der Waals surface area contributed by atoms with Crippen molar-refractivity contribution in [1.29, 1.82) is 0 Å². The summed E-state index contributed by atoms with van der Waals surface area (Å²) in [4.78, 5) is 15.5.